The highest BCUT2D eigenvalue weighted by Crippen LogP contribution is 2.38. The fraction of sp³-hybridized carbons (Fsp3) is 0.143. The number of nitriles is 1. The van der Waals surface area contributed by atoms with Crippen molar-refractivity contribution < 1.29 is 0 Å². The summed E-state index contributed by atoms with van der Waals surface area (Å²) in [5, 5.41) is 10.2. The summed E-state index contributed by atoms with van der Waals surface area (Å²) in [6, 6.07) is 56.9. The van der Waals surface area contributed by atoms with Gasteiger partial charge < -0.3 is 29.4 Å². The Hall–Kier alpha value is -8.20. The number of hydrogen-bond donors (Lipinski definition) is 0. The monoisotopic (exact) mass is 838 g/mol. The third-order valence-electron chi connectivity index (χ3n) is 11.2. The molecule has 0 heterocycles. The highest BCUT2D eigenvalue weighted by Gasteiger charge is 2.15. The number of anilines is 10. The van der Waals surface area contributed by atoms with Gasteiger partial charge in [-0.25, -0.2) is 4.85 Å². The summed E-state index contributed by atoms with van der Waals surface area (Å²) in [5.74, 6) is 0. The van der Waals surface area contributed by atoms with Gasteiger partial charge in [0.1, 0.15) is 0 Å². The van der Waals surface area contributed by atoms with Gasteiger partial charge in [0.05, 0.1) is 18.2 Å². The highest BCUT2D eigenvalue weighted by molar-refractivity contribution is 5.85. The number of hydrogen-bond acceptors (Lipinski definition) is 7. The molecular formula is C56H54N8. The van der Waals surface area contributed by atoms with Crippen molar-refractivity contribution in [1.82, 2.24) is 0 Å². The summed E-state index contributed by atoms with van der Waals surface area (Å²) in [5.41, 5.74) is 15.1. The summed E-state index contributed by atoms with van der Waals surface area (Å²) in [6.07, 6.45) is 7.81. The van der Waals surface area contributed by atoms with E-state index in [-0.39, 0.29) is 0 Å². The lowest BCUT2D eigenvalue weighted by atomic mass is 10.0. The molecule has 0 aliphatic rings. The summed E-state index contributed by atoms with van der Waals surface area (Å²) >= 11 is 0. The van der Waals surface area contributed by atoms with E-state index in [1.165, 1.54) is 0 Å². The molecule has 0 unspecified atom stereocenters. The van der Waals surface area contributed by atoms with Gasteiger partial charge >= 0.3 is 0 Å². The second-order valence-corrected chi connectivity index (χ2v) is 16.4. The maximum atomic E-state index is 10.2. The minimum absolute atomic E-state index is 0.478. The molecule has 64 heavy (non-hydrogen) atoms. The molecule has 0 aliphatic carbocycles. The Morgan fingerprint density at radius 2 is 0.641 bits per heavy atom. The lowest BCUT2D eigenvalue weighted by Gasteiger charge is -2.27. The van der Waals surface area contributed by atoms with Crippen LogP contribution in [0.4, 0.5) is 62.6 Å². The lowest BCUT2D eigenvalue weighted by molar-refractivity contribution is 1.13. The van der Waals surface area contributed by atoms with Gasteiger partial charge in [0.25, 0.3) is 0 Å². The first-order valence-corrected chi connectivity index (χ1v) is 21.1. The molecule has 0 radical (unpaired) electrons. The Bertz CT molecular complexity index is 2500. The molecule has 0 saturated heterocycles. The zero-order chi connectivity index (χ0) is 45.3. The molecule has 318 valence electrons. The minimum Gasteiger partial charge on any atom is -0.378 e. The second-order valence-electron chi connectivity index (χ2n) is 16.4. The minimum atomic E-state index is 0.478. The van der Waals surface area contributed by atoms with Crippen molar-refractivity contribution in [2.75, 3.05) is 85.8 Å². The first-order chi connectivity index (χ1) is 30.9. The maximum absolute atomic E-state index is 10.2. The second kappa shape index (κ2) is 19.7. The molecule has 0 amide bonds. The van der Waals surface area contributed by atoms with Gasteiger partial charge in [0, 0.05) is 113 Å². The van der Waals surface area contributed by atoms with Crippen LogP contribution in [-0.2, 0) is 0 Å². The molecule has 0 fully saturated rings. The molecule has 0 aromatic heterocycles. The smallest absolute Gasteiger partial charge is 0.194 e. The fourth-order valence-corrected chi connectivity index (χ4v) is 7.42. The number of rotatable bonds is 14. The molecule has 0 bridgehead atoms. The average Bonchev–Trinajstić information content (AvgIpc) is 3.31. The van der Waals surface area contributed by atoms with Gasteiger partial charge in [-0.05, 0) is 156 Å². The fourth-order valence-electron chi connectivity index (χ4n) is 7.42. The van der Waals surface area contributed by atoms with Gasteiger partial charge in [-0.1, -0.05) is 48.6 Å². The molecular weight excluding hydrogens is 785 g/mol. The predicted molar refractivity (Wildman–Crippen MR) is 275 cm³/mol. The summed E-state index contributed by atoms with van der Waals surface area (Å²) in [7, 11) is 16.3. The Morgan fingerprint density at radius 1 is 0.375 bits per heavy atom. The van der Waals surface area contributed by atoms with E-state index in [2.05, 4.69) is 186 Å². The van der Waals surface area contributed by atoms with Crippen molar-refractivity contribution in [3.05, 3.63) is 197 Å². The van der Waals surface area contributed by atoms with Crippen molar-refractivity contribution in [1.29, 1.82) is 5.26 Å². The average molecular weight is 839 g/mol. The van der Waals surface area contributed by atoms with E-state index in [0.29, 0.717) is 22.4 Å². The summed E-state index contributed by atoms with van der Waals surface area (Å²) in [4.78, 5) is 16.7. The third kappa shape index (κ3) is 10.1. The SMILES string of the molecule is [C-]#[N+]c1cc(C=Cc2ccc(N(c3ccc(N(C)C)cc3)c3ccc(N(C)C)cc3)cc2)c(C#N)cc1C=Cc1ccc(N(c2ccc(N(C)C)cc2)c2ccc(N(C)C)cc2)cc1. The largest absolute Gasteiger partial charge is 0.378 e. The van der Waals surface area contributed by atoms with Crippen molar-refractivity contribution in [2.45, 2.75) is 0 Å². The molecule has 7 aromatic carbocycles. The Labute approximate surface area is 379 Å². The Balaban J connectivity index is 1.11. The van der Waals surface area contributed by atoms with Gasteiger partial charge in [0.15, 0.2) is 5.69 Å². The van der Waals surface area contributed by atoms with Crippen LogP contribution in [0.5, 0.6) is 0 Å². The molecule has 8 heteroatoms. The van der Waals surface area contributed by atoms with Gasteiger partial charge in [0.2, 0.25) is 0 Å². The lowest BCUT2D eigenvalue weighted by Crippen LogP contribution is -2.12. The quantitative estimate of drug-likeness (QED) is 0.0798. The number of nitrogens with zero attached hydrogens (tertiary/aromatic N) is 8. The molecule has 7 aromatic rings. The Morgan fingerprint density at radius 3 is 0.906 bits per heavy atom. The third-order valence-corrected chi connectivity index (χ3v) is 11.2. The van der Waals surface area contributed by atoms with E-state index >= 15 is 0 Å². The van der Waals surface area contributed by atoms with Crippen LogP contribution in [0, 0.1) is 17.9 Å². The number of benzene rings is 7. The van der Waals surface area contributed by atoms with Gasteiger partial charge in [-0.2, -0.15) is 5.26 Å². The van der Waals surface area contributed by atoms with E-state index in [0.717, 1.165) is 68.0 Å². The molecule has 0 spiro atoms. The highest BCUT2D eigenvalue weighted by atomic mass is 15.2. The van der Waals surface area contributed by atoms with E-state index in [4.69, 9.17) is 6.57 Å². The zero-order valence-electron chi connectivity index (χ0n) is 37.9. The van der Waals surface area contributed by atoms with Gasteiger partial charge in [-0.3, -0.25) is 0 Å². The maximum Gasteiger partial charge on any atom is 0.194 e. The van der Waals surface area contributed by atoms with Crippen molar-refractivity contribution in [3.8, 4) is 6.07 Å². The van der Waals surface area contributed by atoms with Gasteiger partial charge in [-0.15, -0.1) is 0 Å². The van der Waals surface area contributed by atoms with E-state index in [1.807, 2.05) is 80.7 Å². The van der Waals surface area contributed by atoms with E-state index in [9.17, 15) is 5.26 Å². The molecule has 0 N–H and O–H groups in total. The Kier molecular flexibility index (Phi) is 13.5. The van der Waals surface area contributed by atoms with Crippen molar-refractivity contribution in [3.63, 3.8) is 0 Å². The molecule has 8 nitrogen and oxygen atoms in total. The van der Waals surface area contributed by atoms with E-state index < -0.39 is 0 Å². The first kappa shape index (κ1) is 43.9. The van der Waals surface area contributed by atoms with Crippen LogP contribution in [0.3, 0.4) is 0 Å². The summed E-state index contributed by atoms with van der Waals surface area (Å²) in [6.45, 7) is 8.03. The molecule has 0 atom stereocenters. The van der Waals surface area contributed by atoms with Crippen LogP contribution < -0.4 is 29.4 Å². The van der Waals surface area contributed by atoms with Crippen LogP contribution in [0.1, 0.15) is 27.8 Å². The van der Waals surface area contributed by atoms with Crippen LogP contribution in [-0.4, -0.2) is 56.4 Å². The predicted octanol–water partition coefficient (Wildman–Crippen LogP) is 13.7. The molecule has 0 saturated carbocycles. The summed E-state index contributed by atoms with van der Waals surface area (Å²) < 4.78 is 0. The van der Waals surface area contributed by atoms with Crippen LogP contribution in [0.15, 0.2) is 158 Å². The van der Waals surface area contributed by atoms with Crippen LogP contribution >= 0.6 is 0 Å². The van der Waals surface area contributed by atoms with Crippen LogP contribution in [0.25, 0.3) is 29.1 Å². The van der Waals surface area contributed by atoms with E-state index in [1.54, 1.807) is 12.1 Å². The van der Waals surface area contributed by atoms with Crippen molar-refractivity contribution in [2.24, 2.45) is 0 Å². The molecule has 0 aliphatic heterocycles. The van der Waals surface area contributed by atoms with Crippen molar-refractivity contribution >= 4 is 86.9 Å². The molecule has 7 rings (SSSR count). The topological polar surface area (TPSA) is 47.6 Å². The zero-order valence-corrected chi connectivity index (χ0v) is 37.9. The normalized spacial score (nSPS) is 11.0. The van der Waals surface area contributed by atoms with Crippen LogP contribution in [0.2, 0.25) is 0 Å². The standard InChI is InChI=1S/C56H54N8/c1-58-56-39-43(16-10-41-12-18-50(19-13-41)63(52-30-22-46(23-31-52)59(2)3)53-32-24-47(25-33-53)60(4)5)45(40-57)38-44(56)17-11-42-14-20-51(21-15-42)64(54-34-26-48(27-35-54)61(6)7)55-36-28-49(29-37-55)62(8)9/h10-39H,2-9H3. The first-order valence-electron chi connectivity index (χ1n) is 21.1.